The number of hydrogen-bond acceptors (Lipinski definition) is 4. The van der Waals surface area contributed by atoms with Gasteiger partial charge in [-0.05, 0) is 50.1 Å². The summed E-state index contributed by atoms with van der Waals surface area (Å²) in [6.07, 6.45) is 0. The normalized spacial score (nSPS) is 12.7. The summed E-state index contributed by atoms with van der Waals surface area (Å²) in [7, 11) is -0.553. The minimum Gasteiger partial charge on any atom is -0.497 e. The van der Waals surface area contributed by atoms with E-state index in [9.17, 15) is 8.42 Å². The van der Waals surface area contributed by atoms with E-state index < -0.39 is 16.1 Å². The summed E-state index contributed by atoms with van der Waals surface area (Å²) in [5, 5.41) is 0. The van der Waals surface area contributed by atoms with Crippen LogP contribution in [0.15, 0.2) is 41.3 Å². The maximum Gasteiger partial charge on any atom is 0.241 e. The standard InChI is InChI=1S/C18H23NO4S/c1-12-10-15(22-4)11-13(2)18(12)24(20,21)19-14(3)16-8-6-7-9-17(16)23-5/h6-11,14,19H,1-5H3/t14-/m0/s1. The second-order valence-electron chi connectivity index (χ2n) is 5.68. The first kappa shape index (κ1) is 18.3. The van der Waals surface area contributed by atoms with Gasteiger partial charge in [0.25, 0.3) is 0 Å². The molecule has 0 unspecified atom stereocenters. The molecule has 2 rings (SSSR count). The van der Waals surface area contributed by atoms with Crippen LogP contribution in [0.4, 0.5) is 0 Å². The van der Waals surface area contributed by atoms with Gasteiger partial charge in [0.05, 0.1) is 19.1 Å². The molecule has 0 spiro atoms. The summed E-state index contributed by atoms with van der Waals surface area (Å²) in [5.41, 5.74) is 2.07. The third kappa shape index (κ3) is 3.71. The van der Waals surface area contributed by atoms with Gasteiger partial charge in [0.2, 0.25) is 10.0 Å². The Kier molecular flexibility index (Phi) is 5.51. The van der Waals surface area contributed by atoms with Crippen molar-refractivity contribution in [2.75, 3.05) is 14.2 Å². The van der Waals surface area contributed by atoms with Crippen molar-refractivity contribution in [3.05, 3.63) is 53.1 Å². The van der Waals surface area contributed by atoms with E-state index in [1.807, 2.05) is 24.3 Å². The minimum absolute atomic E-state index is 0.282. The largest absolute Gasteiger partial charge is 0.497 e. The summed E-state index contributed by atoms with van der Waals surface area (Å²) in [6, 6.07) is 10.4. The van der Waals surface area contributed by atoms with Crippen LogP contribution in [-0.4, -0.2) is 22.6 Å². The molecule has 1 N–H and O–H groups in total. The van der Waals surface area contributed by atoms with E-state index in [1.54, 1.807) is 47.1 Å². The molecule has 0 amide bonds. The number of ether oxygens (including phenoxy) is 2. The van der Waals surface area contributed by atoms with E-state index in [2.05, 4.69) is 4.72 Å². The molecule has 0 bridgehead atoms. The van der Waals surface area contributed by atoms with E-state index >= 15 is 0 Å². The second kappa shape index (κ2) is 7.23. The number of rotatable bonds is 6. The molecule has 5 nitrogen and oxygen atoms in total. The summed E-state index contributed by atoms with van der Waals surface area (Å²) in [4.78, 5) is 0.282. The number of nitrogens with one attached hydrogen (secondary N) is 1. The molecule has 0 aliphatic rings. The highest BCUT2D eigenvalue weighted by Gasteiger charge is 2.24. The Hall–Kier alpha value is -2.05. The van der Waals surface area contributed by atoms with E-state index in [-0.39, 0.29) is 4.90 Å². The third-order valence-electron chi connectivity index (χ3n) is 3.88. The predicted octanol–water partition coefficient (Wildman–Crippen LogP) is 3.36. The Labute approximate surface area is 143 Å². The van der Waals surface area contributed by atoms with E-state index in [1.165, 1.54) is 0 Å². The first-order chi connectivity index (χ1) is 11.3. The van der Waals surface area contributed by atoms with Crippen molar-refractivity contribution in [1.82, 2.24) is 4.72 Å². The number of benzene rings is 2. The molecule has 0 saturated carbocycles. The van der Waals surface area contributed by atoms with Crippen LogP contribution in [0.3, 0.4) is 0 Å². The number of aryl methyl sites for hydroxylation is 2. The fourth-order valence-corrected chi connectivity index (χ4v) is 4.51. The van der Waals surface area contributed by atoms with Crippen molar-refractivity contribution in [1.29, 1.82) is 0 Å². The quantitative estimate of drug-likeness (QED) is 0.868. The molecule has 0 aliphatic carbocycles. The van der Waals surface area contributed by atoms with Gasteiger partial charge < -0.3 is 9.47 Å². The van der Waals surface area contributed by atoms with Crippen molar-refractivity contribution in [3.8, 4) is 11.5 Å². The highest BCUT2D eigenvalue weighted by atomic mass is 32.2. The van der Waals surface area contributed by atoms with E-state index in [0.29, 0.717) is 22.6 Å². The van der Waals surface area contributed by atoms with Crippen LogP contribution in [0.25, 0.3) is 0 Å². The van der Waals surface area contributed by atoms with Gasteiger partial charge in [-0.2, -0.15) is 0 Å². The smallest absolute Gasteiger partial charge is 0.241 e. The Morgan fingerprint density at radius 3 is 2.12 bits per heavy atom. The molecule has 2 aromatic carbocycles. The van der Waals surface area contributed by atoms with Gasteiger partial charge in [0, 0.05) is 11.6 Å². The van der Waals surface area contributed by atoms with Crippen LogP contribution in [-0.2, 0) is 10.0 Å². The van der Waals surface area contributed by atoms with Crippen molar-refractivity contribution < 1.29 is 17.9 Å². The fraction of sp³-hybridized carbons (Fsp3) is 0.333. The fourth-order valence-electron chi connectivity index (χ4n) is 2.83. The Morgan fingerprint density at radius 2 is 1.58 bits per heavy atom. The molecule has 24 heavy (non-hydrogen) atoms. The molecule has 0 aromatic heterocycles. The Balaban J connectivity index is 2.38. The molecule has 0 fully saturated rings. The molecule has 0 saturated heterocycles. The zero-order valence-corrected chi connectivity index (χ0v) is 15.4. The van der Waals surface area contributed by atoms with Gasteiger partial charge in [-0.15, -0.1) is 0 Å². The van der Waals surface area contributed by atoms with Crippen molar-refractivity contribution in [2.45, 2.75) is 31.7 Å². The average molecular weight is 349 g/mol. The number of hydrogen-bond donors (Lipinski definition) is 1. The number of para-hydroxylation sites is 1. The van der Waals surface area contributed by atoms with Crippen molar-refractivity contribution in [2.24, 2.45) is 0 Å². The third-order valence-corrected chi connectivity index (χ3v) is 5.72. The average Bonchev–Trinajstić information content (AvgIpc) is 2.53. The molecule has 130 valence electrons. The van der Waals surface area contributed by atoms with Crippen LogP contribution in [0.1, 0.15) is 29.7 Å². The van der Waals surface area contributed by atoms with Gasteiger partial charge in [-0.25, -0.2) is 13.1 Å². The lowest BCUT2D eigenvalue weighted by molar-refractivity contribution is 0.405. The zero-order chi connectivity index (χ0) is 17.9. The topological polar surface area (TPSA) is 64.6 Å². The highest BCUT2D eigenvalue weighted by molar-refractivity contribution is 7.89. The van der Waals surface area contributed by atoms with Gasteiger partial charge >= 0.3 is 0 Å². The maximum atomic E-state index is 12.9. The lowest BCUT2D eigenvalue weighted by atomic mass is 10.1. The van der Waals surface area contributed by atoms with Crippen LogP contribution in [0, 0.1) is 13.8 Å². The first-order valence-electron chi connectivity index (χ1n) is 7.60. The summed E-state index contributed by atoms with van der Waals surface area (Å²) in [6.45, 7) is 5.32. The van der Waals surface area contributed by atoms with E-state index in [0.717, 1.165) is 5.56 Å². The van der Waals surface area contributed by atoms with Crippen LogP contribution >= 0.6 is 0 Å². The second-order valence-corrected chi connectivity index (χ2v) is 7.33. The van der Waals surface area contributed by atoms with Crippen molar-refractivity contribution >= 4 is 10.0 Å². The lowest BCUT2D eigenvalue weighted by Crippen LogP contribution is -2.28. The van der Waals surface area contributed by atoms with E-state index in [4.69, 9.17) is 9.47 Å². The van der Waals surface area contributed by atoms with Crippen LogP contribution < -0.4 is 14.2 Å². The number of sulfonamides is 1. The highest BCUT2D eigenvalue weighted by Crippen LogP contribution is 2.29. The molecule has 1 atom stereocenters. The molecule has 6 heteroatoms. The first-order valence-corrected chi connectivity index (χ1v) is 9.09. The maximum absolute atomic E-state index is 12.9. The van der Waals surface area contributed by atoms with Gasteiger partial charge in [-0.1, -0.05) is 18.2 Å². The molecular weight excluding hydrogens is 326 g/mol. The molecule has 0 radical (unpaired) electrons. The zero-order valence-electron chi connectivity index (χ0n) is 14.6. The monoisotopic (exact) mass is 349 g/mol. The molecule has 0 aliphatic heterocycles. The van der Waals surface area contributed by atoms with Gasteiger partial charge in [-0.3, -0.25) is 0 Å². The van der Waals surface area contributed by atoms with Crippen LogP contribution in [0.5, 0.6) is 11.5 Å². The Bertz CT molecular complexity index is 808. The summed E-state index contributed by atoms with van der Waals surface area (Å²) < 4.78 is 39.0. The minimum atomic E-state index is -3.68. The van der Waals surface area contributed by atoms with Crippen LogP contribution in [0.2, 0.25) is 0 Å². The van der Waals surface area contributed by atoms with Crippen molar-refractivity contribution in [3.63, 3.8) is 0 Å². The van der Waals surface area contributed by atoms with Gasteiger partial charge in [0.1, 0.15) is 11.5 Å². The number of methoxy groups -OCH3 is 2. The molecule has 0 heterocycles. The lowest BCUT2D eigenvalue weighted by Gasteiger charge is -2.19. The summed E-state index contributed by atoms with van der Waals surface area (Å²) in [5.74, 6) is 1.29. The predicted molar refractivity (Wildman–Crippen MR) is 94.2 cm³/mol. The SMILES string of the molecule is COc1cc(C)c(S(=O)(=O)N[C@@H](C)c2ccccc2OC)c(C)c1. The molecule has 2 aromatic rings. The summed E-state index contributed by atoms with van der Waals surface area (Å²) >= 11 is 0. The van der Waals surface area contributed by atoms with Gasteiger partial charge in [0.15, 0.2) is 0 Å². The molecular formula is C18H23NO4S. The Morgan fingerprint density at radius 1 is 1.00 bits per heavy atom.